The summed E-state index contributed by atoms with van der Waals surface area (Å²) in [6.07, 6.45) is 2.22. The Morgan fingerprint density at radius 1 is 0.957 bits per heavy atom. The van der Waals surface area contributed by atoms with Crippen LogP contribution in [0.4, 0.5) is 0 Å². The molecule has 1 aromatic rings. The number of benzene rings is 1. The van der Waals surface area contributed by atoms with E-state index in [1.165, 1.54) is 22.7 Å². The normalized spacial score (nSPS) is 29.1. The van der Waals surface area contributed by atoms with Crippen molar-refractivity contribution < 1.29 is 16.8 Å². The quantitative estimate of drug-likeness (QED) is 0.812. The van der Waals surface area contributed by atoms with Gasteiger partial charge >= 0.3 is 0 Å². The minimum absolute atomic E-state index is 0.218. The SMILES string of the molecule is CN(C)S(=O)(=O)N1C2CCC1CC(S(=O)(=O)c1ccccc1)C2. The highest BCUT2D eigenvalue weighted by Crippen LogP contribution is 2.41. The summed E-state index contributed by atoms with van der Waals surface area (Å²) in [4.78, 5) is 0.327. The van der Waals surface area contributed by atoms with Gasteiger partial charge in [-0.1, -0.05) is 18.2 Å². The summed E-state index contributed by atoms with van der Waals surface area (Å²) in [6, 6.07) is 8.00. The zero-order valence-electron chi connectivity index (χ0n) is 13.3. The molecule has 1 aromatic carbocycles. The molecular weight excluding hydrogens is 336 g/mol. The number of fused-ring (bicyclic) bond motifs is 2. The van der Waals surface area contributed by atoms with Gasteiger partial charge in [-0.2, -0.15) is 17.0 Å². The molecule has 0 aliphatic carbocycles. The largest absolute Gasteiger partial charge is 0.281 e. The lowest BCUT2D eigenvalue weighted by Gasteiger charge is -2.38. The Labute approximate surface area is 138 Å². The maximum absolute atomic E-state index is 12.8. The van der Waals surface area contributed by atoms with Crippen LogP contribution in [0, 0.1) is 0 Å². The van der Waals surface area contributed by atoms with Crippen LogP contribution in [-0.2, 0) is 20.0 Å². The first kappa shape index (κ1) is 16.9. The topological polar surface area (TPSA) is 74.8 Å². The van der Waals surface area contributed by atoms with Crippen molar-refractivity contribution in [1.29, 1.82) is 0 Å². The van der Waals surface area contributed by atoms with Gasteiger partial charge in [-0.15, -0.1) is 0 Å². The summed E-state index contributed by atoms with van der Waals surface area (Å²) in [6.45, 7) is 0. The Morgan fingerprint density at radius 2 is 1.48 bits per heavy atom. The fourth-order valence-corrected chi connectivity index (χ4v) is 7.09. The van der Waals surface area contributed by atoms with E-state index in [0.29, 0.717) is 17.7 Å². The van der Waals surface area contributed by atoms with Gasteiger partial charge in [0.2, 0.25) is 0 Å². The highest BCUT2D eigenvalue weighted by Gasteiger charge is 2.50. The van der Waals surface area contributed by atoms with Crippen molar-refractivity contribution in [1.82, 2.24) is 8.61 Å². The number of rotatable bonds is 4. The molecule has 2 unspecified atom stereocenters. The van der Waals surface area contributed by atoms with Gasteiger partial charge in [0.05, 0.1) is 10.1 Å². The minimum atomic E-state index is -3.50. The molecule has 2 aliphatic heterocycles. The van der Waals surface area contributed by atoms with E-state index in [2.05, 4.69) is 0 Å². The molecule has 2 bridgehead atoms. The molecule has 6 nitrogen and oxygen atoms in total. The fraction of sp³-hybridized carbons (Fsp3) is 0.600. The van der Waals surface area contributed by atoms with Gasteiger partial charge in [0.15, 0.2) is 9.84 Å². The maximum atomic E-state index is 12.8. The van der Waals surface area contributed by atoms with Crippen LogP contribution in [0.15, 0.2) is 35.2 Å². The Kier molecular flexibility index (Phi) is 4.29. The predicted octanol–water partition coefficient (Wildman–Crippen LogP) is 1.26. The molecule has 8 heteroatoms. The smallest absolute Gasteiger partial charge is 0.223 e. The summed E-state index contributed by atoms with van der Waals surface area (Å²) >= 11 is 0. The standard InChI is InChI=1S/C15H22N2O4S2/c1-16(2)23(20,21)17-12-8-9-13(17)11-15(10-12)22(18,19)14-6-4-3-5-7-14/h3-7,12-13,15H,8-11H2,1-2H3. The lowest BCUT2D eigenvalue weighted by atomic mass is 10.1. The van der Waals surface area contributed by atoms with Crippen LogP contribution in [0.3, 0.4) is 0 Å². The van der Waals surface area contributed by atoms with Crippen LogP contribution in [-0.4, -0.2) is 56.9 Å². The first-order chi connectivity index (χ1) is 10.7. The third kappa shape index (κ3) is 2.82. The molecule has 0 aromatic heterocycles. The number of hydrogen-bond acceptors (Lipinski definition) is 4. The molecule has 23 heavy (non-hydrogen) atoms. The minimum Gasteiger partial charge on any atom is -0.223 e. The lowest BCUT2D eigenvalue weighted by Crippen LogP contribution is -2.52. The second-order valence-electron chi connectivity index (χ2n) is 6.46. The summed E-state index contributed by atoms with van der Waals surface area (Å²) in [5.41, 5.74) is 0. The van der Waals surface area contributed by atoms with E-state index in [-0.39, 0.29) is 12.1 Å². The second kappa shape index (κ2) is 5.84. The van der Waals surface area contributed by atoms with Crippen molar-refractivity contribution in [2.75, 3.05) is 14.1 Å². The average Bonchev–Trinajstić information content (AvgIpc) is 2.79. The molecule has 0 saturated carbocycles. The van der Waals surface area contributed by atoms with Crippen LogP contribution in [0.25, 0.3) is 0 Å². The van der Waals surface area contributed by atoms with E-state index < -0.39 is 25.3 Å². The summed E-state index contributed by atoms with van der Waals surface area (Å²) < 4.78 is 53.3. The molecule has 2 saturated heterocycles. The number of hydrogen-bond donors (Lipinski definition) is 0. The number of piperidine rings is 1. The molecular formula is C15H22N2O4S2. The van der Waals surface area contributed by atoms with Gasteiger partial charge in [0, 0.05) is 26.2 Å². The van der Waals surface area contributed by atoms with E-state index in [4.69, 9.17) is 0 Å². The van der Waals surface area contributed by atoms with Crippen LogP contribution in [0.1, 0.15) is 25.7 Å². The molecule has 0 spiro atoms. The molecule has 2 aliphatic rings. The van der Waals surface area contributed by atoms with Gasteiger partial charge in [-0.25, -0.2) is 8.42 Å². The molecule has 3 rings (SSSR count). The van der Waals surface area contributed by atoms with E-state index in [9.17, 15) is 16.8 Å². The number of nitrogens with zero attached hydrogens (tertiary/aromatic N) is 2. The summed E-state index contributed by atoms with van der Waals surface area (Å²) in [5.74, 6) is 0. The van der Waals surface area contributed by atoms with Crippen LogP contribution in [0.5, 0.6) is 0 Å². The van der Waals surface area contributed by atoms with Crippen LogP contribution in [0.2, 0.25) is 0 Å². The number of sulfone groups is 1. The Hall–Kier alpha value is -0.960. The van der Waals surface area contributed by atoms with Gasteiger partial charge in [0.25, 0.3) is 10.2 Å². The van der Waals surface area contributed by atoms with Gasteiger partial charge in [-0.3, -0.25) is 0 Å². The fourth-order valence-electron chi connectivity index (χ4n) is 3.71. The van der Waals surface area contributed by atoms with Crippen molar-refractivity contribution in [3.63, 3.8) is 0 Å². The van der Waals surface area contributed by atoms with Crippen molar-refractivity contribution in [3.05, 3.63) is 30.3 Å². The summed E-state index contributed by atoms with van der Waals surface area (Å²) in [5, 5.41) is -0.504. The van der Waals surface area contributed by atoms with Gasteiger partial charge in [-0.05, 0) is 37.8 Å². The molecule has 0 N–H and O–H groups in total. The second-order valence-corrected chi connectivity index (χ2v) is 10.7. The third-order valence-electron chi connectivity index (χ3n) is 4.86. The van der Waals surface area contributed by atoms with Crippen molar-refractivity contribution in [3.8, 4) is 0 Å². The van der Waals surface area contributed by atoms with Crippen LogP contribution < -0.4 is 0 Å². The van der Waals surface area contributed by atoms with Gasteiger partial charge in [0.1, 0.15) is 0 Å². The zero-order chi connectivity index (χ0) is 16.8. The first-order valence-electron chi connectivity index (χ1n) is 7.74. The summed E-state index contributed by atoms with van der Waals surface area (Å²) in [7, 11) is -3.88. The van der Waals surface area contributed by atoms with Gasteiger partial charge < -0.3 is 0 Å². The molecule has 2 atom stereocenters. The van der Waals surface area contributed by atoms with E-state index in [0.717, 1.165) is 12.8 Å². The maximum Gasteiger partial charge on any atom is 0.281 e. The zero-order valence-corrected chi connectivity index (χ0v) is 14.9. The Bertz CT molecular complexity index is 761. The average molecular weight is 358 g/mol. The monoisotopic (exact) mass is 358 g/mol. The Balaban J connectivity index is 1.88. The molecule has 0 amide bonds. The highest BCUT2D eigenvalue weighted by molar-refractivity contribution is 7.92. The predicted molar refractivity (Wildman–Crippen MR) is 87.9 cm³/mol. The molecule has 2 heterocycles. The van der Waals surface area contributed by atoms with Crippen molar-refractivity contribution in [2.45, 2.75) is 47.9 Å². The van der Waals surface area contributed by atoms with E-state index in [1.807, 2.05) is 0 Å². The van der Waals surface area contributed by atoms with E-state index >= 15 is 0 Å². The van der Waals surface area contributed by atoms with E-state index in [1.54, 1.807) is 30.3 Å². The van der Waals surface area contributed by atoms with Crippen molar-refractivity contribution >= 4 is 20.0 Å². The molecule has 128 valence electrons. The third-order valence-corrected chi connectivity index (χ3v) is 9.11. The molecule has 0 radical (unpaired) electrons. The molecule has 2 fully saturated rings. The highest BCUT2D eigenvalue weighted by atomic mass is 32.2. The van der Waals surface area contributed by atoms with Crippen molar-refractivity contribution in [2.24, 2.45) is 0 Å². The first-order valence-corrected chi connectivity index (χ1v) is 10.7. The Morgan fingerprint density at radius 3 is 1.96 bits per heavy atom. The lowest BCUT2D eigenvalue weighted by molar-refractivity contribution is 0.236. The van der Waals surface area contributed by atoms with Crippen LogP contribution >= 0.6 is 0 Å².